The molecule has 1 aromatic carbocycles. The Bertz CT molecular complexity index is 465. The number of halogens is 3. The van der Waals surface area contributed by atoms with Crippen molar-refractivity contribution in [1.29, 1.82) is 0 Å². The number of carbonyl (C=O) groups is 1. The highest BCUT2D eigenvalue weighted by Crippen LogP contribution is 2.12. The second-order valence-corrected chi connectivity index (χ2v) is 5.23. The fourth-order valence-corrected chi connectivity index (χ4v) is 2.45. The molecular weight excluding hydrogens is 298 g/mol. The van der Waals surface area contributed by atoms with Gasteiger partial charge in [0, 0.05) is 13.0 Å². The lowest BCUT2D eigenvalue weighted by Gasteiger charge is -2.09. The maximum atomic E-state index is 13.4. The summed E-state index contributed by atoms with van der Waals surface area (Å²) in [5.74, 6) is -0.414. The van der Waals surface area contributed by atoms with Crippen LogP contribution in [0, 0.1) is 17.6 Å². The van der Waals surface area contributed by atoms with Gasteiger partial charge in [-0.15, -0.1) is 12.4 Å². The number of aryl methyl sites for hydroxylation is 1. The Labute approximate surface area is 129 Å². The normalized spacial score (nSPS) is 17.3. The molecule has 3 nitrogen and oxygen atoms in total. The molecule has 1 heterocycles. The second-order valence-electron chi connectivity index (χ2n) is 5.23. The Balaban J connectivity index is 0.00000220. The van der Waals surface area contributed by atoms with E-state index in [0.717, 1.165) is 44.1 Å². The third-order valence-corrected chi connectivity index (χ3v) is 3.67. The predicted octanol–water partition coefficient (Wildman–Crippen LogP) is 2.43. The molecule has 2 rings (SSSR count). The number of hydrogen-bond donors (Lipinski definition) is 2. The van der Waals surface area contributed by atoms with E-state index >= 15 is 0 Å². The van der Waals surface area contributed by atoms with Crippen LogP contribution in [0.15, 0.2) is 18.2 Å². The molecule has 1 saturated heterocycles. The van der Waals surface area contributed by atoms with Gasteiger partial charge in [0.15, 0.2) is 0 Å². The van der Waals surface area contributed by atoms with Gasteiger partial charge in [-0.1, -0.05) is 0 Å². The largest absolute Gasteiger partial charge is 0.356 e. The molecule has 1 amide bonds. The van der Waals surface area contributed by atoms with Crippen LogP contribution in [-0.2, 0) is 11.2 Å². The average Bonchev–Trinajstić information content (AvgIpc) is 2.93. The average molecular weight is 319 g/mol. The summed E-state index contributed by atoms with van der Waals surface area (Å²) in [6, 6.07) is 3.32. The Morgan fingerprint density at radius 1 is 1.38 bits per heavy atom. The van der Waals surface area contributed by atoms with Gasteiger partial charge < -0.3 is 10.6 Å². The van der Waals surface area contributed by atoms with Crippen molar-refractivity contribution in [3.8, 4) is 0 Å². The third kappa shape index (κ3) is 5.98. The fourth-order valence-electron chi connectivity index (χ4n) is 2.45. The van der Waals surface area contributed by atoms with E-state index in [1.54, 1.807) is 0 Å². The number of benzene rings is 1. The predicted molar refractivity (Wildman–Crippen MR) is 80.5 cm³/mol. The summed E-state index contributed by atoms with van der Waals surface area (Å²) in [4.78, 5) is 11.6. The van der Waals surface area contributed by atoms with Gasteiger partial charge in [-0.25, -0.2) is 8.78 Å². The second kappa shape index (κ2) is 8.95. The summed E-state index contributed by atoms with van der Waals surface area (Å²) in [6.45, 7) is 2.72. The number of rotatable bonds is 6. The van der Waals surface area contributed by atoms with Gasteiger partial charge in [0.25, 0.3) is 0 Å². The molecule has 1 aromatic rings. The van der Waals surface area contributed by atoms with Gasteiger partial charge in [0.2, 0.25) is 5.91 Å². The molecule has 1 atom stereocenters. The molecule has 0 aliphatic carbocycles. The molecule has 0 spiro atoms. The van der Waals surface area contributed by atoms with Crippen LogP contribution in [0.1, 0.15) is 24.8 Å². The van der Waals surface area contributed by atoms with Crippen molar-refractivity contribution in [3.63, 3.8) is 0 Å². The molecule has 6 heteroatoms. The quantitative estimate of drug-likeness (QED) is 0.846. The molecule has 21 heavy (non-hydrogen) atoms. The van der Waals surface area contributed by atoms with E-state index in [9.17, 15) is 13.6 Å². The zero-order valence-electron chi connectivity index (χ0n) is 11.8. The van der Waals surface area contributed by atoms with Crippen LogP contribution < -0.4 is 10.6 Å². The van der Waals surface area contributed by atoms with Crippen molar-refractivity contribution in [2.24, 2.45) is 5.92 Å². The molecule has 1 aliphatic heterocycles. The zero-order chi connectivity index (χ0) is 14.4. The highest BCUT2D eigenvalue weighted by molar-refractivity contribution is 5.85. The maximum absolute atomic E-state index is 13.4. The first-order chi connectivity index (χ1) is 9.65. The third-order valence-electron chi connectivity index (χ3n) is 3.67. The van der Waals surface area contributed by atoms with Gasteiger partial charge >= 0.3 is 0 Å². The van der Waals surface area contributed by atoms with E-state index in [4.69, 9.17) is 0 Å². The topological polar surface area (TPSA) is 41.1 Å². The lowest BCUT2D eigenvalue weighted by molar-refractivity contribution is -0.121. The first kappa shape index (κ1) is 17.9. The SMILES string of the molecule is Cl.O=C(CCc1cc(F)ccc1F)NCCC1CCNC1. The molecule has 0 aromatic heterocycles. The molecule has 2 N–H and O–H groups in total. The monoisotopic (exact) mass is 318 g/mol. The van der Waals surface area contributed by atoms with Gasteiger partial charge in [0.05, 0.1) is 0 Å². The van der Waals surface area contributed by atoms with Crippen LogP contribution in [0.2, 0.25) is 0 Å². The highest BCUT2D eigenvalue weighted by atomic mass is 35.5. The number of hydrogen-bond acceptors (Lipinski definition) is 2. The van der Waals surface area contributed by atoms with Gasteiger partial charge in [-0.3, -0.25) is 4.79 Å². The molecule has 0 bridgehead atoms. The van der Waals surface area contributed by atoms with E-state index in [1.807, 2.05) is 0 Å². The minimum absolute atomic E-state index is 0. The molecule has 1 fully saturated rings. The van der Waals surface area contributed by atoms with Crippen molar-refractivity contribution >= 4 is 18.3 Å². The lowest BCUT2D eigenvalue weighted by atomic mass is 10.1. The molecule has 1 unspecified atom stereocenters. The molecule has 0 saturated carbocycles. The molecule has 0 radical (unpaired) electrons. The summed E-state index contributed by atoms with van der Waals surface area (Å²) >= 11 is 0. The van der Waals surface area contributed by atoms with Crippen molar-refractivity contribution in [3.05, 3.63) is 35.4 Å². The van der Waals surface area contributed by atoms with Crippen LogP contribution in [-0.4, -0.2) is 25.5 Å². The van der Waals surface area contributed by atoms with Crippen LogP contribution in [0.25, 0.3) is 0 Å². The van der Waals surface area contributed by atoms with Crippen LogP contribution in [0.3, 0.4) is 0 Å². The maximum Gasteiger partial charge on any atom is 0.220 e. The molecule has 118 valence electrons. The van der Waals surface area contributed by atoms with Crippen molar-refractivity contribution in [1.82, 2.24) is 10.6 Å². The van der Waals surface area contributed by atoms with Crippen LogP contribution in [0.5, 0.6) is 0 Å². The number of amides is 1. The minimum atomic E-state index is -0.476. The smallest absolute Gasteiger partial charge is 0.220 e. The van der Waals surface area contributed by atoms with Crippen LogP contribution >= 0.6 is 12.4 Å². The van der Waals surface area contributed by atoms with Crippen molar-refractivity contribution in [2.75, 3.05) is 19.6 Å². The van der Waals surface area contributed by atoms with Crippen molar-refractivity contribution in [2.45, 2.75) is 25.7 Å². The fraction of sp³-hybridized carbons (Fsp3) is 0.533. The summed E-state index contributed by atoms with van der Waals surface area (Å²) in [5, 5.41) is 6.11. The molecular formula is C15H21ClF2N2O. The van der Waals surface area contributed by atoms with E-state index in [0.29, 0.717) is 12.5 Å². The van der Waals surface area contributed by atoms with E-state index < -0.39 is 11.6 Å². The first-order valence-corrected chi connectivity index (χ1v) is 7.06. The standard InChI is InChI=1S/C15H20F2N2O.ClH/c16-13-2-3-14(17)12(9-13)1-4-15(20)19-8-6-11-5-7-18-10-11;/h2-3,9,11,18H,1,4-8,10H2,(H,19,20);1H. The Kier molecular flexibility index (Phi) is 7.61. The summed E-state index contributed by atoms with van der Waals surface area (Å²) in [5.41, 5.74) is 0.250. The van der Waals surface area contributed by atoms with Gasteiger partial charge in [0.1, 0.15) is 11.6 Å². The first-order valence-electron chi connectivity index (χ1n) is 7.06. The van der Waals surface area contributed by atoms with E-state index in [-0.39, 0.29) is 36.7 Å². The summed E-state index contributed by atoms with van der Waals surface area (Å²) < 4.78 is 26.3. The summed E-state index contributed by atoms with van der Waals surface area (Å²) in [7, 11) is 0. The lowest BCUT2D eigenvalue weighted by Crippen LogP contribution is -2.26. The van der Waals surface area contributed by atoms with Gasteiger partial charge in [-0.2, -0.15) is 0 Å². The number of carbonyl (C=O) groups excluding carboxylic acids is 1. The van der Waals surface area contributed by atoms with E-state index in [1.165, 1.54) is 0 Å². The minimum Gasteiger partial charge on any atom is -0.356 e. The number of nitrogens with one attached hydrogen (secondary N) is 2. The highest BCUT2D eigenvalue weighted by Gasteiger charge is 2.14. The Morgan fingerprint density at radius 3 is 2.90 bits per heavy atom. The summed E-state index contributed by atoms with van der Waals surface area (Å²) in [6.07, 6.45) is 2.53. The van der Waals surface area contributed by atoms with Crippen LogP contribution in [0.4, 0.5) is 8.78 Å². The zero-order valence-corrected chi connectivity index (χ0v) is 12.6. The molecule has 1 aliphatic rings. The Hall–Kier alpha value is -1.20. The van der Waals surface area contributed by atoms with Crippen molar-refractivity contribution < 1.29 is 13.6 Å². The Morgan fingerprint density at radius 2 is 2.19 bits per heavy atom. The van der Waals surface area contributed by atoms with Gasteiger partial charge in [-0.05, 0) is 62.0 Å². The van der Waals surface area contributed by atoms with E-state index in [2.05, 4.69) is 10.6 Å².